The number of carbonyl (C=O) groups is 1. The van der Waals surface area contributed by atoms with E-state index >= 15 is 0 Å². The van der Waals surface area contributed by atoms with Gasteiger partial charge in [0, 0.05) is 23.7 Å². The maximum atomic E-state index is 10.7. The Labute approximate surface area is 131 Å². The average Bonchev–Trinajstić information content (AvgIpc) is 2.38. The highest BCUT2D eigenvalue weighted by molar-refractivity contribution is 6.30. The molecule has 0 spiro atoms. The third kappa shape index (κ3) is 7.34. The molecule has 5 heteroatoms. The molecule has 4 nitrogen and oxygen atoms in total. The largest absolute Gasteiger partial charge is 0.494 e. The summed E-state index contributed by atoms with van der Waals surface area (Å²) in [5.41, 5.74) is -0.0459. The summed E-state index contributed by atoms with van der Waals surface area (Å²) < 4.78 is 5.65. The normalized spacial score (nSPS) is 11.7. The summed E-state index contributed by atoms with van der Waals surface area (Å²) in [7, 11) is 0. The summed E-state index contributed by atoms with van der Waals surface area (Å²) in [5.74, 6) is 0.0360. The van der Waals surface area contributed by atoms with Gasteiger partial charge < -0.3 is 9.84 Å². The monoisotopic (exact) mass is 313 g/mol. The van der Waals surface area contributed by atoms with Gasteiger partial charge in [-0.15, -0.1) is 0 Å². The lowest BCUT2D eigenvalue weighted by Gasteiger charge is -2.35. The molecule has 0 amide bonds. The molecule has 0 saturated heterocycles. The molecule has 1 aromatic rings. The van der Waals surface area contributed by atoms with Gasteiger partial charge >= 0.3 is 5.97 Å². The minimum Gasteiger partial charge on any atom is -0.494 e. The maximum Gasteiger partial charge on any atom is 0.304 e. The van der Waals surface area contributed by atoms with Crippen LogP contribution in [0.15, 0.2) is 24.3 Å². The fourth-order valence-electron chi connectivity index (χ4n) is 1.99. The molecule has 0 atom stereocenters. The van der Waals surface area contributed by atoms with Gasteiger partial charge in [-0.05, 0) is 51.5 Å². The summed E-state index contributed by atoms with van der Waals surface area (Å²) in [5, 5.41) is 9.50. The molecule has 0 radical (unpaired) electrons. The highest BCUT2D eigenvalue weighted by atomic mass is 35.5. The number of ether oxygens (including phenoxy) is 1. The third-order valence-electron chi connectivity index (χ3n) is 3.20. The van der Waals surface area contributed by atoms with E-state index in [0.717, 1.165) is 18.7 Å². The van der Waals surface area contributed by atoms with E-state index in [1.807, 2.05) is 12.1 Å². The van der Waals surface area contributed by atoms with Crippen molar-refractivity contribution in [2.24, 2.45) is 0 Å². The number of benzene rings is 1. The zero-order chi connectivity index (χ0) is 15.9. The molecule has 118 valence electrons. The number of rotatable bonds is 8. The van der Waals surface area contributed by atoms with Crippen LogP contribution in [0.5, 0.6) is 5.75 Å². The van der Waals surface area contributed by atoms with Crippen LogP contribution in [0.25, 0.3) is 0 Å². The van der Waals surface area contributed by atoms with E-state index in [1.54, 1.807) is 12.1 Å². The van der Waals surface area contributed by atoms with Crippen LogP contribution in [-0.2, 0) is 4.79 Å². The molecule has 1 aromatic carbocycles. The Kier molecular flexibility index (Phi) is 6.99. The van der Waals surface area contributed by atoms with Crippen molar-refractivity contribution in [1.29, 1.82) is 0 Å². The van der Waals surface area contributed by atoms with Gasteiger partial charge in [0.15, 0.2) is 0 Å². The predicted octanol–water partition coefficient (Wildman–Crippen LogP) is 3.68. The minimum absolute atomic E-state index is 0.0459. The lowest BCUT2D eigenvalue weighted by Crippen LogP contribution is -2.43. The summed E-state index contributed by atoms with van der Waals surface area (Å²) >= 11 is 5.81. The lowest BCUT2D eigenvalue weighted by atomic mass is 10.1. The molecule has 0 aromatic heterocycles. The molecule has 0 saturated carbocycles. The van der Waals surface area contributed by atoms with E-state index in [-0.39, 0.29) is 12.0 Å². The standard InChI is InChI=1S/C16H24ClNO3/c1-16(2,3)18(11-9-15(19)20)10-4-12-21-14-7-5-13(17)6-8-14/h5-8H,4,9-12H2,1-3H3,(H,19,20). The first-order valence-electron chi connectivity index (χ1n) is 7.14. The molecular formula is C16H24ClNO3. The maximum absolute atomic E-state index is 10.7. The number of hydrogen-bond acceptors (Lipinski definition) is 3. The first kappa shape index (κ1) is 17.8. The second-order valence-corrected chi connectivity index (χ2v) is 6.39. The smallest absolute Gasteiger partial charge is 0.304 e. The molecular weight excluding hydrogens is 290 g/mol. The van der Waals surface area contributed by atoms with Gasteiger partial charge in [-0.3, -0.25) is 9.69 Å². The summed E-state index contributed by atoms with van der Waals surface area (Å²) in [6.45, 7) is 8.24. The van der Waals surface area contributed by atoms with E-state index < -0.39 is 5.97 Å². The third-order valence-corrected chi connectivity index (χ3v) is 3.45. The van der Waals surface area contributed by atoms with Crippen molar-refractivity contribution < 1.29 is 14.6 Å². The van der Waals surface area contributed by atoms with Crippen LogP contribution in [0.2, 0.25) is 5.02 Å². The molecule has 0 heterocycles. The number of hydrogen-bond donors (Lipinski definition) is 1. The van der Waals surface area contributed by atoms with E-state index in [1.165, 1.54) is 0 Å². The molecule has 0 bridgehead atoms. The number of carboxylic acids is 1. The number of carboxylic acid groups (broad SMARTS) is 1. The summed E-state index contributed by atoms with van der Waals surface area (Å²) in [6.07, 6.45) is 1.01. The van der Waals surface area contributed by atoms with E-state index in [0.29, 0.717) is 18.2 Å². The van der Waals surface area contributed by atoms with Gasteiger partial charge in [0.05, 0.1) is 13.0 Å². The Morgan fingerprint density at radius 2 is 1.86 bits per heavy atom. The van der Waals surface area contributed by atoms with Crippen LogP contribution < -0.4 is 4.74 Å². The van der Waals surface area contributed by atoms with Gasteiger partial charge in [-0.2, -0.15) is 0 Å². The van der Waals surface area contributed by atoms with Crippen LogP contribution in [0.4, 0.5) is 0 Å². The molecule has 0 unspecified atom stereocenters. The van der Waals surface area contributed by atoms with Crippen molar-refractivity contribution in [1.82, 2.24) is 4.90 Å². The van der Waals surface area contributed by atoms with Crippen molar-refractivity contribution in [3.05, 3.63) is 29.3 Å². The second-order valence-electron chi connectivity index (χ2n) is 5.96. The highest BCUT2D eigenvalue weighted by Crippen LogP contribution is 2.17. The quantitative estimate of drug-likeness (QED) is 0.744. The Bertz CT molecular complexity index is 440. The molecule has 1 N–H and O–H groups in total. The highest BCUT2D eigenvalue weighted by Gasteiger charge is 2.21. The summed E-state index contributed by atoms with van der Waals surface area (Å²) in [6, 6.07) is 7.28. The van der Waals surface area contributed by atoms with Crippen LogP contribution in [-0.4, -0.2) is 41.2 Å². The van der Waals surface area contributed by atoms with Crippen LogP contribution in [0.1, 0.15) is 33.6 Å². The van der Waals surface area contributed by atoms with Gasteiger partial charge in [0.1, 0.15) is 5.75 Å². The number of halogens is 1. The van der Waals surface area contributed by atoms with Crippen LogP contribution >= 0.6 is 11.6 Å². The van der Waals surface area contributed by atoms with E-state index in [4.69, 9.17) is 21.4 Å². The van der Waals surface area contributed by atoms with E-state index in [2.05, 4.69) is 25.7 Å². The summed E-state index contributed by atoms with van der Waals surface area (Å²) in [4.78, 5) is 12.9. The SMILES string of the molecule is CC(C)(C)N(CCCOc1ccc(Cl)cc1)CCC(=O)O. The topological polar surface area (TPSA) is 49.8 Å². The minimum atomic E-state index is -0.762. The fraction of sp³-hybridized carbons (Fsp3) is 0.562. The zero-order valence-electron chi connectivity index (χ0n) is 12.9. The second kappa shape index (κ2) is 8.25. The average molecular weight is 314 g/mol. The Hall–Kier alpha value is -1.26. The van der Waals surface area contributed by atoms with Crippen molar-refractivity contribution in [2.75, 3.05) is 19.7 Å². The van der Waals surface area contributed by atoms with Gasteiger partial charge in [-0.1, -0.05) is 11.6 Å². The fourth-order valence-corrected chi connectivity index (χ4v) is 2.12. The molecule has 1 rings (SSSR count). The first-order chi connectivity index (χ1) is 9.79. The van der Waals surface area contributed by atoms with Crippen molar-refractivity contribution >= 4 is 17.6 Å². The predicted molar refractivity (Wildman–Crippen MR) is 85.1 cm³/mol. The Balaban J connectivity index is 2.35. The van der Waals surface area contributed by atoms with Gasteiger partial charge in [0.2, 0.25) is 0 Å². The zero-order valence-corrected chi connectivity index (χ0v) is 13.7. The van der Waals surface area contributed by atoms with Crippen LogP contribution in [0.3, 0.4) is 0 Å². The van der Waals surface area contributed by atoms with Crippen molar-refractivity contribution in [3.63, 3.8) is 0 Å². The molecule has 0 fully saturated rings. The number of aliphatic carboxylic acids is 1. The lowest BCUT2D eigenvalue weighted by molar-refractivity contribution is -0.137. The molecule has 21 heavy (non-hydrogen) atoms. The van der Waals surface area contributed by atoms with Crippen molar-refractivity contribution in [3.8, 4) is 5.75 Å². The Morgan fingerprint density at radius 1 is 1.24 bits per heavy atom. The van der Waals surface area contributed by atoms with Gasteiger partial charge in [0.25, 0.3) is 0 Å². The van der Waals surface area contributed by atoms with Crippen molar-refractivity contribution in [2.45, 2.75) is 39.2 Å². The van der Waals surface area contributed by atoms with Crippen LogP contribution in [0, 0.1) is 0 Å². The van der Waals surface area contributed by atoms with Gasteiger partial charge in [-0.25, -0.2) is 0 Å². The Morgan fingerprint density at radius 3 is 2.38 bits per heavy atom. The first-order valence-corrected chi connectivity index (χ1v) is 7.52. The number of nitrogens with zero attached hydrogens (tertiary/aromatic N) is 1. The molecule has 0 aliphatic heterocycles. The molecule has 0 aliphatic rings. The van der Waals surface area contributed by atoms with E-state index in [9.17, 15) is 4.79 Å². The molecule has 0 aliphatic carbocycles.